The molecule has 5 heteroatoms. The summed E-state index contributed by atoms with van der Waals surface area (Å²) in [4.78, 5) is 22.5. The van der Waals surface area contributed by atoms with Crippen LogP contribution in [0.2, 0.25) is 0 Å². The Morgan fingerprint density at radius 3 is 2.44 bits per heavy atom. The molecule has 0 aromatic carbocycles. The first-order valence-electron chi connectivity index (χ1n) is 5.78. The summed E-state index contributed by atoms with van der Waals surface area (Å²) in [6.07, 6.45) is 3.97. The number of nitrogens with one attached hydrogen (secondary N) is 1. The molecule has 1 saturated carbocycles. The summed E-state index contributed by atoms with van der Waals surface area (Å²) in [5, 5.41) is 11.7. The molecule has 1 aliphatic rings. The van der Waals surface area contributed by atoms with Crippen LogP contribution in [-0.2, 0) is 9.59 Å². The Labute approximate surface area is 95.4 Å². The predicted molar refractivity (Wildman–Crippen MR) is 59.9 cm³/mol. The maximum Gasteiger partial charge on any atom is 0.305 e. The van der Waals surface area contributed by atoms with Gasteiger partial charge in [-0.3, -0.25) is 9.59 Å². The van der Waals surface area contributed by atoms with E-state index in [1.54, 1.807) is 0 Å². The first kappa shape index (κ1) is 13.0. The minimum absolute atomic E-state index is 0.00479. The predicted octanol–water partition coefficient (Wildman–Crippen LogP) is 0.627. The third kappa shape index (κ3) is 3.20. The van der Waals surface area contributed by atoms with Crippen molar-refractivity contribution in [3.05, 3.63) is 0 Å². The molecular formula is C11H20N2O3. The van der Waals surface area contributed by atoms with Crippen LogP contribution in [0, 0.1) is 0 Å². The van der Waals surface area contributed by atoms with Gasteiger partial charge in [0.2, 0.25) is 5.91 Å². The standard InChI is InChI=1S/C11H20N2O3/c1-2-8(12)10(16)13-11(7-9(14)15)5-3-4-6-11/h8H,2-7,12H2,1H3,(H,13,16)(H,14,15). The Kier molecular flexibility index (Phi) is 4.29. The second kappa shape index (κ2) is 5.30. The van der Waals surface area contributed by atoms with Crippen LogP contribution >= 0.6 is 0 Å². The highest BCUT2D eigenvalue weighted by molar-refractivity contribution is 5.83. The van der Waals surface area contributed by atoms with Crippen molar-refractivity contribution in [3.8, 4) is 0 Å². The molecule has 1 unspecified atom stereocenters. The largest absolute Gasteiger partial charge is 0.481 e. The van der Waals surface area contributed by atoms with E-state index in [2.05, 4.69) is 5.32 Å². The lowest BCUT2D eigenvalue weighted by Gasteiger charge is -2.29. The third-order valence-corrected chi connectivity index (χ3v) is 3.22. The Morgan fingerprint density at radius 2 is 2.00 bits per heavy atom. The van der Waals surface area contributed by atoms with Gasteiger partial charge < -0.3 is 16.2 Å². The smallest absolute Gasteiger partial charge is 0.305 e. The zero-order chi connectivity index (χ0) is 12.2. The fourth-order valence-electron chi connectivity index (χ4n) is 2.23. The topological polar surface area (TPSA) is 92.4 Å². The van der Waals surface area contributed by atoms with Crippen molar-refractivity contribution in [2.24, 2.45) is 5.73 Å². The van der Waals surface area contributed by atoms with Crippen molar-refractivity contribution in [3.63, 3.8) is 0 Å². The van der Waals surface area contributed by atoms with E-state index in [1.807, 2.05) is 6.92 Å². The first-order chi connectivity index (χ1) is 7.49. The Bertz CT molecular complexity index is 272. The summed E-state index contributed by atoms with van der Waals surface area (Å²) in [5.74, 6) is -1.10. The van der Waals surface area contributed by atoms with E-state index < -0.39 is 17.6 Å². The lowest BCUT2D eigenvalue weighted by Crippen LogP contribution is -2.53. The number of carbonyl (C=O) groups is 2. The Balaban J connectivity index is 2.64. The molecular weight excluding hydrogens is 208 g/mol. The van der Waals surface area contributed by atoms with E-state index in [9.17, 15) is 9.59 Å². The van der Waals surface area contributed by atoms with Gasteiger partial charge in [-0.15, -0.1) is 0 Å². The number of hydrogen-bond acceptors (Lipinski definition) is 3. The highest BCUT2D eigenvalue weighted by atomic mass is 16.4. The highest BCUT2D eigenvalue weighted by Gasteiger charge is 2.38. The molecule has 0 saturated heterocycles. The number of carboxylic acids is 1. The normalized spacial score (nSPS) is 20.4. The quantitative estimate of drug-likeness (QED) is 0.643. The molecule has 1 atom stereocenters. The fraction of sp³-hybridized carbons (Fsp3) is 0.818. The minimum atomic E-state index is -0.868. The minimum Gasteiger partial charge on any atom is -0.481 e. The molecule has 1 rings (SSSR count). The van der Waals surface area contributed by atoms with E-state index in [0.29, 0.717) is 6.42 Å². The summed E-state index contributed by atoms with van der Waals surface area (Å²) >= 11 is 0. The monoisotopic (exact) mass is 228 g/mol. The van der Waals surface area contributed by atoms with Gasteiger partial charge in [-0.1, -0.05) is 19.8 Å². The van der Waals surface area contributed by atoms with Crippen molar-refractivity contribution in [2.75, 3.05) is 0 Å². The molecule has 5 nitrogen and oxygen atoms in total. The lowest BCUT2D eigenvalue weighted by molar-refractivity contribution is -0.139. The molecule has 4 N–H and O–H groups in total. The van der Waals surface area contributed by atoms with Gasteiger partial charge >= 0.3 is 5.97 Å². The molecule has 0 aromatic rings. The van der Waals surface area contributed by atoms with Gasteiger partial charge in [0.25, 0.3) is 0 Å². The highest BCUT2D eigenvalue weighted by Crippen LogP contribution is 2.32. The fourth-order valence-corrected chi connectivity index (χ4v) is 2.23. The summed E-state index contributed by atoms with van der Waals surface area (Å²) < 4.78 is 0. The van der Waals surface area contributed by atoms with Gasteiger partial charge in [0.1, 0.15) is 0 Å². The second-order valence-corrected chi connectivity index (χ2v) is 4.56. The zero-order valence-electron chi connectivity index (χ0n) is 9.66. The maximum atomic E-state index is 11.7. The van der Waals surface area contributed by atoms with Gasteiger partial charge in [0, 0.05) is 0 Å². The van der Waals surface area contributed by atoms with E-state index in [-0.39, 0.29) is 12.3 Å². The lowest BCUT2D eigenvalue weighted by atomic mass is 9.92. The van der Waals surface area contributed by atoms with Crippen LogP contribution in [0.1, 0.15) is 45.4 Å². The number of amides is 1. The Morgan fingerprint density at radius 1 is 1.44 bits per heavy atom. The van der Waals surface area contributed by atoms with E-state index in [1.165, 1.54) is 0 Å². The van der Waals surface area contributed by atoms with Gasteiger partial charge in [-0.05, 0) is 19.3 Å². The molecule has 0 aliphatic heterocycles. The van der Waals surface area contributed by atoms with E-state index in [4.69, 9.17) is 10.8 Å². The number of carboxylic acid groups (broad SMARTS) is 1. The number of nitrogens with two attached hydrogens (primary N) is 1. The van der Waals surface area contributed by atoms with Crippen molar-refractivity contribution >= 4 is 11.9 Å². The third-order valence-electron chi connectivity index (χ3n) is 3.22. The molecule has 0 radical (unpaired) electrons. The van der Waals surface area contributed by atoms with E-state index in [0.717, 1.165) is 25.7 Å². The van der Waals surface area contributed by atoms with Crippen LogP contribution in [0.25, 0.3) is 0 Å². The zero-order valence-corrected chi connectivity index (χ0v) is 9.66. The van der Waals surface area contributed by atoms with E-state index >= 15 is 0 Å². The van der Waals surface area contributed by atoms with Crippen molar-refractivity contribution in [1.29, 1.82) is 0 Å². The van der Waals surface area contributed by atoms with Crippen molar-refractivity contribution in [2.45, 2.75) is 57.0 Å². The number of rotatable bonds is 5. The average Bonchev–Trinajstić information content (AvgIpc) is 2.63. The van der Waals surface area contributed by atoms with Crippen LogP contribution in [0.4, 0.5) is 0 Å². The van der Waals surface area contributed by atoms with Crippen LogP contribution in [0.5, 0.6) is 0 Å². The summed E-state index contributed by atoms with van der Waals surface area (Å²) in [5.41, 5.74) is 5.07. The average molecular weight is 228 g/mol. The van der Waals surface area contributed by atoms with Gasteiger partial charge in [-0.2, -0.15) is 0 Å². The summed E-state index contributed by atoms with van der Waals surface area (Å²) in [6.45, 7) is 1.84. The maximum absolute atomic E-state index is 11.7. The molecule has 1 amide bonds. The molecule has 0 aromatic heterocycles. The second-order valence-electron chi connectivity index (χ2n) is 4.56. The molecule has 16 heavy (non-hydrogen) atoms. The summed E-state index contributed by atoms with van der Waals surface area (Å²) in [7, 11) is 0. The molecule has 0 spiro atoms. The number of carbonyl (C=O) groups excluding carboxylic acids is 1. The number of hydrogen-bond donors (Lipinski definition) is 3. The van der Waals surface area contributed by atoms with Crippen molar-refractivity contribution < 1.29 is 14.7 Å². The first-order valence-corrected chi connectivity index (χ1v) is 5.78. The number of aliphatic carboxylic acids is 1. The van der Waals surface area contributed by atoms with Crippen LogP contribution in [0.15, 0.2) is 0 Å². The molecule has 92 valence electrons. The van der Waals surface area contributed by atoms with Crippen LogP contribution in [0.3, 0.4) is 0 Å². The SMILES string of the molecule is CCC(N)C(=O)NC1(CC(=O)O)CCCC1. The molecule has 1 aliphatic carbocycles. The molecule has 0 heterocycles. The van der Waals surface area contributed by atoms with Gasteiger partial charge in [0.05, 0.1) is 18.0 Å². The van der Waals surface area contributed by atoms with Crippen LogP contribution in [-0.4, -0.2) is 28.6 Å². The summed E-state index contributed by atoms with van der Waals surface area (Å²) in [6, 6.07) is -0.536. The molecule has 1 fully saturated rings. The van der Waals surface area contributed by atoms with Crippen molar-refractivity contribution in [1.82, 2.24) is 5.32 Å². The van der Waals surface area contributed by atoms with Gasteiger partial charge in [0.15, 0.2) is 0 Å². The Hall–Kier alpha value is -1.10. The van der Waals surface area contributed by atoms with Crippen LogP contribution < -0.4 is 11.1 Å². The molecule has 0 bridgehead atoms. The van der Waals surface area contributed by atoms with Gasteiger partial charge in [-0.25, -0.2) is 0 Å².